The van der Waals surface area contributed by atoms with Crippen LogP contribution in [0.15, 0.2) is 42.5 Å². The Balaban J connectivity index is 1.75. The number of carboxylic acids is 1. The molecule has 4 rings (SSSR count). The fraction of sp³-hybridized carbons (Fsp3) is 0.190. The van der Waals surface area contributed by atoms with Crippen LogP contribution in [0, 0.1) is 11.3 Å². The topological polar surface area (TPSA) is 119 Å². The zero-order chi connectivity index (χ0) is 21.6. The van der Waals surface area contributed by atoms with Gasteiger partial charge in [0.05, 0.1) is 24.6 Å². The molecule has 3 amide bonds. The van der Waals surface area contributed by atoms with Crippen molar-refractivity contribution in [2.45, 2.75) is 18.4 Å². The average molecular weight is 424 g/mol. The lowest BCUT2D eigenvalue weighted by Gasteiger charge is -2.22. The van der Waals surface area contributed by atoms with Gasteiger partial charge in [0.15, 0.2) is 5.41 Å². The fourth-order valence-corrected chi connectivity index (χ4v) is 4.15. The molecule has 0 aliphatic carbocycles. The molecular formula is C21H14ClN3O5. The maximum absolute atomic E-state index is 13.4. The highest BCUT2D eigenvalue weighted by Gasteiger charge is 2.63. The Morgan fingerprint density at radius 1 is 1.10 bits per heavy atom. The summed E-state index contributed by atoms with van der Waals surface area (Å²) in [5.41, 5.74) is -0.269. The third kappa shape index (κ3) is 2.83. The number of halogens is 1. The number of carbonyl (C=O) groups excluding carboxylic acids is 3. The Bertz CT molecular complexity index is 1150. The molecule has 2 aliphatic rings. The zero-order valence-corrected chi connectivity index (χ0v) is 16.2. The van der Waals surface area contributed by atoms with Gasteiger partial charge in [-0.1, -0.05) is 23.7 Å². The number of fused-ring (bicyclic) bond motifs is 2. The van der Waals surface area contributed by atoms with Crippen LogP contribution in [0.4, 0.5) is 5.69 Å². The molecule has 0 radical (unpaired) electrons. The Morgan fingerprint density at radius 3 is 2.40 bits per heavy atom. The van der Waals surface area contributed by atoms with Crippen molar-refractivity contribution in [3.8, 4) is 6.07 Å². The normalized spacial score (nSPS) is 20.1. The summed E-state index contributed by atoms with van der Waals surface area (Å²) < 4.78 is 0. The molecule has 30 heavy (non-hydrogen) atoms. The Hall–Kier alpha value is -3.70. The van der Waals surface area contributed by atoms with Crippen LogP contribution in [0.1, 0.15) is 23.1 Å². The lowest BCUT2D eigenvalue weighted by Crippen LogP contribution is -2.47. The van der Waals surface area contributed by atoms with Crippen molar-refractivity contribution in [1.29, 1.82) is 5.26 Å². The maximum Gasteiger partial charge on any atom is 0.323 e. The largest absolute Gasteiger partial charge is 0.480 e. The summed E-state index contributed by atoms with van der Waals surface area (Å²) in [7, 11) is 0. The molecule has 1 spiro atoms. The molecule has 1 fully saturated rings. The molecule has 1 N–H and O–H groups in total. The summed E-state index contributed by atoms with van der Waals surface area (Å²) in [6, 6.07) is 12.8. The number of carboxylic acid groups (broad SMARTS) is 1. The van der Waals surface area contributed by atoms with E-state index in [2.05, 4.69) is 0 Å². The Morgan fingerprint density at radius 2 is 1.77 bits per heavy atom. The van der Waals surface area contributed by atoms with Crippen molar-refractivity contribution in [2.75, 3.05) is 11.4 Å². The first-order valence-corrected chi connectivity index (χ1v) is 9.33. The average Bonchev–Trinajstić information content (AvgIpc) is 3.09. The number of aliphatic carboxylic acids is 1. The van der Waals surface area contributed by atoms with Gasteiger partial charge < -0.3 is 5.11 Å². The van der Waals surface area contributed by atoms with E-state index < -0.39 is 42.1 Å². The molecule has 0 bridgehead atoms. The van der Waals surface area contributed by atoms with E-state index >= 15 is 0 Å². The standard InChI is InChI=1S/C21H14ClN3O5/c22-14-5-6-16-15(7-14)21(19(29)24(16)11-18(27)28)8-17(26)25(20(21)30)10-13-3-1-12(9-23)2-4-13/h1-7H,8,10-11H2,(H,27,28). The summed E-state index contributed by atoms with van der Waals surface area (Å²) in [4.78, 5) is 52.7. The van der Waals surface area contributed by atoms with Crippen molar-refractivity contribution in [1.82, 2.24) is 4.90 Å². The molecule has 150 valence electrons. The second-order valence-electron chi connectivity index (χ2n) is 7.12. The molecule has 0 saturated carbocycles. The van der Waals surface area contributed by atoms with E-state index in [0.29, 0.717) is 11.1 Å². The van der Waals surface area contributed by atoms with Crippen molar-refractivity contribution in [3.63, 3.8) is 0 Å². The third-order valence-electron chi connectivity index (χ3n) is 5.36. The highest BCUT2D eigenvalue weighted by molar-refractivity contribution is 6.32. The number of amides is 3. The molecule has 9 heteroatoms. The van der Waals surface area contributed by atoms with E-state index in [1.807, 2.05) is 6.07 Å². The van der Waals surface area contributed by atoms with Gasteiger partial charge in [-0.05, 0) is 35.9 Å². The van der Waals surface area contributed by atoms with E-state index in [1.165, 1.54) is 18.2 Å². The van der Waals surface area contributed by atoms with E-state index in [9.17, 15) is 24.3 Å². The SMILES string of the molecule is N#Cc1ccc(CN2C(=O)CC3(C2=O)C(=O)N(CC(=O)O)c2ccc(Cl)cc23)cc1. The summed E-state index contributed by atoms with van der Waals surface area (Å²) >= 11 is 6.08. The number of nitrogens with zero attached hydrogens (tertiary/aromatic N) is 3. The first kappa shape index (κ1) is 19.6. The number of imide groups is 1. The molecule has 2 aliphatic heterocycles. The van der Waals surface area contributed by atoms with Crippen LogP contribution in [-0.2, 0) is 31.1 Å². The molecule has 0 aromatic heterocycles. The number of hydrogen-bond acceptors (Lipinski definition) is 5. The lowest BCUT2D eigenvalue weighted by molar-refractivity contribution is -0.143. The van der Waals surface area contributed by atoms with Crippen LogP contribution in [0.25, 0.3) is 0 Å². The number of likely N-dealkylation sites (tertiary alicyclic amines) is 1. The highest BCUT2D eigenvalue weighted by Crippen LogP contribution is 2.49. The minimum atomic E-state index is -1.82. The van der Waals surface area contributed by atoms with E-state index in [0.717, 1.165) is 9.80 Å². The van der Waals surface area contributed by atoms with Gasteiger partial charge in [0.1, 0.15) is 6.54 Å². The highest BCUT2D eigenvalue weighted by atomic mass is 35.5. The number of anilines is 1. The van der Waals surface area contributed by atoms with Crippen molar-refractivity contribution < 1.29 is 24.3 Å². The monoisotopic (exact) mass is 423 g/mol. The maximum atomic E-state index is 13.4. The third-order valence-corrected chi connectivity index (χ3v) is 5.60. The smallest absolute Gasteiger partial charge is 0.323 e. The van der Waals surface area contributed by atoms with Gasteiger partial charge in [0.2, 0.25) is 17.7 Å². The molecular weight excluding hydrogens is 410 g/mol. The van der Waals surface area contributed by atoms with Gasteiger partial charge in [-0.2, -0.15) is 5.26 Å². The molecule has 1 atom stereocenters. The van der Waals surface area contributed by atoms with Gasteiger partial charge in [-0.25, -0.2) is 0 Å². The first-order chi connectivity index (χ1) is 14.3. The first-order valence-electron chi connectivity index (χ1n) is 8.95. The van der Waals surface area contributed by atoms with E-state index in [1.54, 1.807) is 24.3 Å². The second kappa shape index (κ2) is 6.97. The number of rotatable bonds is 4. The Labute approximate surface area is 175 Å². The van der Waals surface area contributed by atoms with Crippen molar-refractivity contribution in [2.24, 2.45) is 0 Å². The van der Waals surface area contributed by atoms with Crippen LogP contribution in [-0.4, -0.2) is 40.2 Å². The predicted octanol–water partition coefficient (Wildman–Crippen LogP) is 1.84. The van der Waals surface area contributed by atoms with Gasteiger partial charge in [-0.15, -0.1) is 0 Å². The van der Waals surface area contributed by atoms with Crippen molar-refractivity contribution in [3.05, 3.63) is 64.2 Å². The minimum Gasteiger partial charge on any atom is -0.480 e. The summed E-state index contributed by atoms with van der Waals surface area (Å²) in [5.74, 6) is -3.24. The van der Waals surface area contributed by atoms with Crippen LogP contribution in [0.5, 0.6) is 0 Å². The van der Waals surface area contributed by atoms with Gasteiger partial charge in [0.25, 0.3) is 0 Å². The van der Waals surface area contributed by atoms with Gasteiger partial charge in [-0.3, -0.25) is 29.0 Å². The number of benzene rings is 2. The molecule has 2 heterocycles. The number of nitriles is 1. The van der Waals surface area contributed by atoms with Crippen LogP contribution >= 0.6 is 11.6 Å². The van der Waals surface area contributed by atoms with E-state index in [4.69, 9.17) is 16.9 Å². The Kier molecular flexibility index (Phi) is 4.56. The molecule has 2 aromatic carbocycles. The fourth-order valence-electron chi connectivity index (χ4n) is 3.98. The summed E-state index contributed by atoms with van der Waals surface area (Å²) in [6.45, 7) is -0.695. The quantitative estimate of drug-likeness (QED) is 0.592. The van der Waals surface area contributed by atoms with Gasteiger partial charge >= 0.3 is 5.97 Å². The molecule has 2 aromatic rings. The molecule has 1 unspecified atom stereocenters. The van der Waals surface area contributed by atoms with Gasteiger partial charge in [0, 0.05) is 16.3 Å². The van der Waals surface area contributed by atoms with E-state index in [-0.39, 0.29) is 22.8 Å². The van der Waals surface area contributed by atoms with Crippen molar-refractivity contribution >= 4 is 41.0 Å². The van der Waals surface area contributed by atoms with Crippen LogP contribution in [0.3, 0.4) is 0 Å². The summed E-state index contributed by atoms with van der Waals surface area (Å²) in [5, 5.41) is 18.4. The predicted molar refractivity (Wildman–Crippen MR) is 104 cm³/mol. The zero-order valence-electron chi connectivity index (χ0n) is 15.5. The molecule has 8 nitrogen and oxygen atoms in total. The minimum absolute atomic E-state index is 0.0623. The lowest BCUT2D eigenvalue weighted by atomic mass is 9.80. The number of carbonyl (C=O) groups is 4. The molecule has 1 saturated heterocycles. The van der Waals surface area contributed by atoms with Crippen LogP contribution in [0.2, 0.25) is 5.02 Å². The number of hydrogen-bond donors (Lipinski definition) is 1. The second-order valence-corrected chi connectivity index (χ2v) is 7.56. The summed E-state index contributed by atoms with van der Waals surface area (Å²) in [6.07, 6.45) is -0.398. The van der Waals surface area contributed by atoms with Crippen LogP contribution < -0.4 is 4.90 Å².